The molecule has 1 aliphatic rings. The summed E-state index contributed by atoms with van der Waals surface area (Å²) in [5.41, 5.74) is 0. The predicted molar refractivity (Wildman–Crippen MR) is 92.2 cm³/mol. The smallest absolute Gasteiger partial charge is 0.0704 e. The van der Waals surface area contributed by atoms with Gasteiger partial charge in [-0.3, -0.25) is 0 Å². The molecule has 6 nitrogen and oxygen atoms in total. The highest BCUT2D eigenvalue weighted by molar-refractivity contribution is 4.73. The van der Waals surface area contributed by atoms with E-state index in [-0.39, 0.29) is 25.4 Å². The first-order chi connectivity index (χ1) is 11.9. The van der Waals surface area contributed by atoms with Crippen LogP contribution < -0.4 is 0 Å². The molecule has 0 aromatic rings. The van der Waals surface area contributed by atoms with Crippen LogP contribution in [0.2, 0.25) is 0 Å². The van der Waals surface area contributed by atoms with E-state index in [0.29, 0.717) is 39.6 Å². The van der Waals surface area contributed by atoms with E-state index in [2.05, 4.69) is 0 Å². The number of rotatable bonds is 16. The van der Waals surface area contributed by atoms with Crippen molar-refractivity contribution in [1.29, 1.82) is 0 Å². The zero-order valence-corrected chi connectivity index (χ0v) is 15.0. The van der Waals surface area contributed by atoms with Gasteiger partial charge in [0.25, 0.3) is 0 Å². The molecule has 6 heteroatoms. The molecule has 0 radical (unpaired) electrons. The van der Waals surface area contributed by atoms with Crippen LogP contribution in [0.25, 0.3) is 0 Å². The van der Waals surface area contributed by atoms with Crippen LogP contribution in [-0.2, 0) is 18.9 Å². The Labute approximate surface area is 146 Å². The third-order valence-electron chi connectivity index (χ3n) is 4.13. The van der Waals surface area contributed by atoms with Gasteiger partial charge in [-0.05, 0) is 51.4 Å². The molecule has 1 saturated carbocycles. The lowest BCUT2D eigenvalue weighted by molar-refractivity contribution is -0.0671. The van der Waals surface area contributed by atoms with Crippen molar-refractivity contribution in [3.8, 4) is 0 Å². The van der Waals surface area contributed by atoms with Gasteiger partial charge in [-0.25, -0.2) is 0 Å². The maximum Gasteiger partial charge on any atom is 0.0704 e. The van der Waals surface area contributed by atoms with Crippen molar-refractivity contribution in [3.63, 3.8) is 0 Å². The Balaban J connectivity index is 1.93. The van der Waals surface area contributed by atoms with E-state index in [9.17, 15) is 0 Å². The van der Waals surface area contributed by atoms with E-state index in [1.165, 1.54) is 0 Å². The third kappa shape index (κ3) is 12.2. The van der Waals surface area contributed by atoms with E-state index >= 15 is 0 Å². The molecule has 0 bridgehead atoms. The highest BCUT2D eigenvalue weighted by atomic mass is 16.5. The molecule has 2 atom stereocenters. The molecular weight excluding hydrogens is 312 g/mol. The monoisotopic (exact) mass is 348 g/mol. The summed E-state index contributed by atoms with van der Waals surface area (Å²) in [6, 6.07) is 0. The van der Waals surface area contributed by atoms with Gasteiger partial charge in [0.15, 0.2) is 0 Å². The zero-order valence-electron chi connectivity index (χ0n) is 15.0. The quantitative estimate of drug-likeness (QED) is 0.415. The average Bonchev–Trinajstić information content (AvgIpc) is 2.60. The van der Waals surface area contributed by atoms with E-state index in [0.717, 1.165) is 51.4 Å². The van der Waals surface area contributed by atoms with E-state index < -0.39 is 0 Å². The van der Waals surface area contributed by atoms with Crippen molar-refractivity contribution in [2.45, 2.75) is 63.6 Å². The summed E-state index contributed by atoms with van der Waals surface area (Å²) >= 11 is 0. The summed E-state index contributed by atoms with van der Waals surface area (Å²) in [7, 11) is 0. The molecule has 0 spiro atoms. The van der Waals surface area contributed by atoms with E-state index in [1.807, 2.05) is 0 Å². The number of hydrogen-bond donors (Lipinski definition) is 2. The van der Waals surface area contributed by atoms with Crippen LogP contribution in [0.5, 0.6) is 0 Å². The Morgan fingerprint density at radius 1 is 0.625 bits per heavy atom. The average molecular weight is 348 g/mol. The minimum absolute atomic E-state index is 0.233. The summed E-state index contributed by atoms with van der Waals surface area (Å²) in [5, 5.41) is 17.4. The van der Waals surface area contributed by atoms with Gasteiger partial charge < -0.3 is 29.2 Å². The number of aliphatic hydroxyl groups is 2. The van der Waals surface area contributed by atoms with Crippen molar-refractivity contribution < 1.29 is 29.2 Å². The molecule has 1 rings (SSSR count). The lowest BCUT2D eigenvalue weighted by atomic mass is 9.95. The maximum absolute atomic E-state index is 8.68. The van der Waals surface area contributed by atoms with Crippen LogP contribution >= 0.6 is 0 Å². The topological polar surface area (TPSA) is 77.4 Å². The molecule has 0 aromatic carbocycles. The zero-order chi connectivity index (χ0) is 17.3. The van der Waals surface area contributed by atoms with Crippen LogP contribution in [0.1, 0.15) is 51.4 Å². The molecule has 2 N–H and O–H groups in total. The van der Waals surface area contributed by atoms with Crippen molar-refractivity contribution in [3.05, 3.63) is 0 Å². The number of ether oxygens (including phenoxy) is 4. The summed E-state index contributed by atoms with van der Waals surface area (Å²) < 4.78 is 22.7. The molecule has 0 aliphatic heterocycles. The maximum atomic E-state index is 8.68. The summed E-state index contributed by atoms with van der Waals surface area (Å²) in [4.78, 5) is 0. The number of aliphatic hydroxyl groups excluding tert-OH is 2. The molecule has 0 heterocycles. The van der Waals surface area contributed by atoms with Crippen molar-refractivity contribution in [2.24, 2.45) is 0 Å². The molecule has 144 valence electrons. The highest BCUT2D eigenvalue weighted by Gasteiger charge is 2.22. The third-order valence-corrected chi connectivity index (χ3v) is 4.13. The SMILES string of the molecule is OCCCCOCCOC1CCCC(OCCOCCCCO)C1. The van der Waals surface area contributed by atoms with Gasteiger partial charge >= 0.3 is 0 Å². The Kier molecular flexibility index (Phi) is 14.8. The minimum atomic E-state index is 0.233. The minimum Gasteiger partial charge on any atom is -0.396 e. The Morgan fingerprint density at radius 2 is 1.12 bits per heavy atom. The van der Waals surface area contributed by atoms with E-state index in [4.69, 9.17) is 29.2 Å². The highest BCUT2D eigenvalue weighted by Crippen LogP contribution is 2.23. The molecule has 2 unspecified atom stereocenters. The second-order valence-electron chi connectivity index (χ2n) is 6.24. The second-order valence-corrected chi connectivity index (χ2v) is 6.24. The van der Waals surface area contributed by atoms with Gasteiger partial charge in [0.1, 0.15) is 0 Å². The molecule has 0 saturated heterocycles. The Morgan fingerprint density at radius 3 is 1.58 bits per heavy atom. The summed E-state index contributed by atoms with van der Waals surface area (Å²) in [6.45, 7) is 4.35. The fraction of sp³-hybridized carbons (Fsp3) is 1.00. The molecule has 1 fully saturated rings. The standard InChI is InChI=1S/C18H36O6/c19-8-1-3-10-21-12-14-23-17-6-5-7-18(16-17)24-15-13-22-11-4-2-9-20/h17-20H,1-16H2. The largest absolute Gasteiger partial charge is 0.396 e. The summed E-state index contributed by atoms with van der Waals surface area (Å²) in [6.07, 6.45) is 8.24. The van der Waals surface area contributed by atoms with Crippen LogP contribution in [0, 0.1) is 0 Å². The van der Waals surface area contributed by atoms with Crippen LogP contribution in [0.3, 0.4) is 0 Å². The number of hydrogen-bond acceptors (Lipinski definition) is 6. The summed E-state index contributed by atoms with van der Waals surface area (Å²) in [5.74, 6) is 0. The molecule has 24 heavy (non-hydrogen) atoms. The Bertz CT molecular complexity index is 240. The van der Waals surface area contributed by atoms with Gasteiger partial charge in [-0.1, -0.05) is 0 Å². The second kappa shape index (κ2) is 16.2. The first kappa shape index (κ1) is 21.8. The normalized spacial score (nSPS) is 21.2. The number of unbranched alkanes of at least 4 members (excludes halogenated alkanes) is 2. The molecule has 0 aromatic heterocycles. The van der Waals surface area contributed by atoms with Crippen LogP contribution in [0.4, 0.5) is 0 Å². The van der Waals surface area contributed by atoms with Gasteiger partial charge in [-0.2, -0.15) is 0 Å². The Hall–Kier alpha value is -0.240. The first-order valence-corrected chi connectivity index (χ1v) is 9.47. The van der Waals surface area contributed by atoms with Crippen molar-refractivity contribution >= 4 is 0 Å². The van der Waals surface area contributed by atoms with Gasteiger partial charge in [0.05, 0.1) is 38.6 Å². The first-order valence-electron chi connectivity index (χ1n) is 9.47. The fourth-order valence-corrected chi connectivity index (χ4v) is 2.79. The lowest BCUT2D eigenvalue weighted by Crippen LogP contribution is -2.30. The van der Waals surface area contributed by atoms with Crippen molar-refractivity contribution in [1.82, 2.24) is 0 Å². The predicted octanol–water partition coefficient (Wildman–Crippen LogP) is 1.91. The lowest BCUT2D eigenvalue weighted by Gasteiger charge is -2.29. The van der Waals surface area contributed by atoms with Crippen molar-refractivity contribution in [2.75, 3.05) is 52.9 Å². The molecular formula is C18H36O6. The van der Waals surface area contributed by atoms with Gasteiger partial charge in [-0.15, -0.1) is 0 Å². The molecule has 0 amide bonds. The van der Waals surface area contributed by atoms with Crippen LogP contribution in [0.15, 0.2) is 0 Å². The fourth-order valence-electron chi connectivity index (χ4n) is 2.79. The molecule has 1 aliphatic carbocycles. The van der Waals surface area contributed by atoms with E-state index in [1.54, 1.807) is 0 Å². The van der Waals surface area contributed by atoms with Crippen LogP contribution in [-0.4, -0.2) is 75.3 Å². The van der Waals surface area contributed by atoms with Gasteiger partial charge in [0, 0.05) is 26.4 Å². The van der Waals surface area contributed by atoms with Gasteiger partial charge in [0.2, 0.25) is 0 Å².